The normalized spacial score (nSPS) is 18.8. The minimum Gasteiger partial charge on any atom is -0.387 e. The van der Waals surface area contributed by atoms with Crippen molar-refractivity contribution in [1.29, 1.82) is 0 Å². The number of carbonyl (C=O) groups excluding carboxylic acids is 2. The van der Waals surface area contributed by atoms with Gasteiger partial charge in [0.15, 0.2) is 29.3 Å². The molecule has 1 saturated heterocycles. The highest BCUT2D eigenvalue weighted by Crippen LogP contribution is 2.33. The van der Waals surface area contributed by atoms with Gasteiger partial charge < -0.3 is 36.2 Å². The van der Waals surface area contributed by atoms with Gasteiger partial charge in [0.05, 0.1) is 6.33 Å². The van der Waals surface area contributed by atoms with Crippen LogP contribution in [0.3, 0.4) is 0 Å². The average molecular weight is 666 g/mol. The van der Waals surface area contributed by atoms with Crippen LogP contribution in [0.5, 0.6) is 0 Å². The van der Waals surface area contributed by atoms with Gasteiger partial charge in [0, 0.05) is 38.3 Å². The molecule has 2 aromatic carbocycles. The van der Waals surface area contributed by atoms with E-state index in [1.165, 1.54) is 10.9 Å². The molecule has 2 amide bonds. The highest BCUT2D eigenvalue weighted by molar-refractivity contribution is 5.94. The number of rotatable bonds is 14. The molecule has 4 atom stereocenters. The Morgan fingerprint density at radius 3 is 2.24 bits per heavy atom. The van der Waals surface area contributed by atoms with Gasteiger partial charge in [-0.3, -0.25) is 14.2 Å². The van der Waals surface area contributed by atoms with E-state index < -0.39 is 36.4 Å². The van der Waals surface area contributed by atoms with Crippen molar-refractivity contribution in [3.05, 3.63) is 108 Å². The van der Waals surface area contributed by atoms with Gasteiger partial charge in [0.25, 0.3) is 11.8 Å². The maximum absolute atomic E-state index is 13.4. The Bertz CT molecular complexity index is 1800. The molecule has 3 aromatic heterocycles. The molecule has 1 fully saturated rings. The lowest BCUT2D eigenvalue weighted by molar-refractivity contribution is -0.137. The van der Waals surface area contributed by atoms with E-state index in [4.69, 9.17) is 4.74 Å². The summed E-state index contributed by atoms with van der Waals surface area (Å²) in [5, 5.41) is 33.7. The van der Waals surface area contributed by atoms with Crippen LogP contribution in [0, 0.1) is 0 Å². The van der Waals surface area contributed by atoms with Gasteiger partial charge in [-0.1, -0.05) is 66.7 Å². The summed E-state index contributed by atoms with van der Waals surface area (Å²) in [6.45, 7) is 3.41. The number of hydrogen-bond acceptors (Lipinski definition) is 11. The first-order chi connectivity index (χ1) is 23.9. The van der Waals surface area contributed by atoms with Crippen molar-refractivity contribution < 1.29 is 24.5 Å². The number of aliphatic hydroxyl groups excluding tert-OH is 2. The molecule has 1 aliphatic heterocycles. The van der Waals surface area contributed by atoms with Crippen molar-refractivity contribution in [2.45, 2.75) is 43.8 Å². The number of ether oxygens (including phenoxy) is 1. The number of hydrogen-bond donors (Lipinski definition) is 6. The van der Waals surface area contributed by atoms with Crippen LogP contribution in [0.4, 0.5) is 11.6 Å². The van der Waals surface area contributed by atoms with Crippen LogP contribution in [-0.4, -0.2) is 91.0 Å². The summed E-state index contributed by atoms with van der Waals surface area (Å²) in [6, 6.07) is 25.7. The maximum Gasteiger partial charge on any atom is 0.289 e. The Kier molecular flexibility index (Phi) is 10.7. The highest BCUT2D eigenvalue weighted by Gasteiger charge is 2.47. The van der Waals surface area contributed by atoms with Crippen LogP contribution in [0.2, 0.25) is 0 Å². The predicted octanol–water partition coefficient (Wildman–Crippen LogP) is 2.45. The van der Waals surface area contributed by atoms with Gasteiger partial charge in [-0.15, -0.1) is 0 Å². The number of nitrogens with zero attached hydrogens (tertiary/aromatic N) is 5. The first kappa shape index (κ1) is 33.5. The number of nitrogens with one attached hydrogen (secondary N) is 4. The van der Waals surface area contributed by atoms with E-state index >= 15 is 0 Å². The van der Waals surface area contributed by atoms with Crippen LogP contribution >= 0.6 is 0 Å². The second-order valence-corrected chi connectivity index (χ2v) is 11.5. The minimum atomic E-state index is -1.49. The van der Waals surface area contributed by atoms with Crippen molar-refractivity contribution in [2.75, 3.05) is 36.8 Å². The van der Waals surface area contributed by atoms with Gasteiger partial charge in [0.2, 0.25) is 5.82 Å². The van der Waals surface area contributed by atoms with Crippen LogP contribution < -0.4 is 21.3 Å². The molecule has 49 heavy (non-hydrogen) atoms. The number of carbonyl (C=O) groups is 2. The van der Waals surface area contributed by atoms with E-state index in [0.29, 0.717) is 43.9 Å². The second kappa shape index (κ2) is 15.6. The number of amides is 2. The molecule has 5 aromatic rings. The van der Waals surface area contributed by atoms with Crippen LogP contribution in [0.15, 0.2) is 91.4 Å². The van der Waals surface area contributed by atoms with Crippen molar-refractivity contribution in [3.8, 4) is 0 Å². The predicted molar refractivity (Wildman–Crippen MR) is 183 cm³/mol. The molecule has 254 valence electrons. The van der Waals surface area contributed by atoms with Gasteiger partial charge in [-0.25, -0.2) is 19.9 Å². The lowest BCUT2D eigenvalue weighted by atomic mass is 9.91. The maximum atomic E-state index is 13.4. The van der Waals surface area contributed by atoms with Crippen molar-refractivity contribution in [2.24, 2.45) is 0 Å². The van der Waals surface area contributed by atoms with E-state index in [9.17, 15) is 19.8 Å². The summed E-state index contributed by atoms with van der Waals surface area (Å²) in [7, 11) is 0. The topological polar surface area (TPSA) is 188 Å². The lowest BCUT2D eigenvalue weighted by Gasteiger charge is -2.20. The smallest absolute Gasteiger partial charge is 0.289 e. The molecule has 0 saturated carbocycles. The summed E-state index contributed by atoms with van der Waals surface area (Å²) in [5.74, 6) is -0.206. The molecule has 14 nitrogen and oxygen atoms in total. The molecule has 0 bridgehead atoms. The fourth-order valence-electron chi connectivity index (χ4n) is 5.76. The monoisotopic (exact) mass is 665 g/mol. The van der Waals surface area contributed by atoms with E-state index in [0.717, 1.165) is 16.9 Å². The minimum absolute atomic E-state index is 0.0636. The number of aliphatic hydroxyl groups is 2. The number of imidazole rings is 1. The molecule has 6 N–H and O–H groups in total. The molecule has 4 heterocycles. The van der Waals surface area contributed by atoms with Crippen LogP contribution in [0.1, 0.15) is 47.2 Å². The number of benzene rings is 2. The van der Waals surface area contributed by atoms with E-state index in [1.54, 1.807) is 13.1 Å². The van der Waals surface area contributed by atoms with Crippen molar-refractivity contribution in [3.63, 3.8) is 0 Å². The Labute approximate surface area is 283 Å². The van der Waals surface area contributed by atoms with E-state index in [2.05, 4.69) is 65.5 Å². The van der Waals surface area contributed by atoms with E-state index in [1.807, 2.05) is 54.6 Å². The summed E-state index contributed by atoms with van der Waals surface area (Å²) in [4.78, 5) is 43.9. The molecule has 1 aliphatic rings. The summed E-state index contributed by atoms with van der Waals surface area (Å²) in [6.07, 6.45) is -1.77. The molecule has 14 heteroatoms. The fraction of sp³-hybridized carbons (Fsp3) is 0.314. The van der Waals surface area contributed by atoms with Gasteiger partial charge >= 0.3 is 0 Å². The summed E-state index contributed by atoms with van der Waals surface area (Å²) < 4.78 is 7.26. The Balaban J connectivity index is 1.28. The zero-order chi connectivity index (χ0) is 34.2. The van der Waals surface area contributed by atoms with Crippen molar-refractivity contribution in [1.82, 2.24) is 35.1 Å². The molecular formula is C35H39N9O5. The number of pyridine rings is 1. The first-order valence-electron chi connectivity index (χ1n) is 16.2. The van der Waals surface area contributed by atoms with Crippen LogP contribution in [-0.2, 0) is 9.53 Å². The van der Waals surface area contributed by atoms with Gasteiger partial charge in [-0.05, 0) is 36.6 Å². The fourth-order valence-corrected chi connectivity index (χ4v) is 5.76. The van der Waals surface area contributed by atoms with Crippen molar-refractivity contribution >= 4 is 34.6 Å². The SMILES string of the molecule is CCNC(=O)[C@H]1O[C@@H](n2cnc3c(NCC(c4ccccc4)c4ccccc4)nc(C(=O)NCCCNc4ccccn4)nc32)[C@@H](O)[C@@H]1O. The molecule has 0 unspecified atom stereocenters. The van der Waals surface area contributed by atoms with Gasteiger partial charge in [-0.2, -0.15) is 0 Å². The molecule has 0 aliphatic carbocycles. The summed E-state index contributed by atoms with van der Waals surface area (Å²) >= 11 is 0. The number of likely N-dealkylation sites (N-methyl/N-ethyl adjacent to an activating group) is 1. The molecule has 6 rings (SSSR count). The highest BCUT2D eigenvalue weighted by atomic mass is 16.6. The Morgan fingerprint density at radius 1 is 0.857 bits per heavy atom. The third-order valence-electron chi connectivity index (χ3n) is 8.23. The molecule has 0 spiro atoms. The molecular weight excluding hydrogens is 626 g/mol. The largest absolute Gasteiger partial charge is 0.387 e. The van der Waals surface area contributed by atoms with E-state index in [-0.39, 0.29) is 17.4 Å². The third kappa shape index (κ3) is 7.67. The number of anilines is 2. The Morgan fingerprint density at radius 2 is 1.57 bits per heavy atom. The third-order valence-corrected chi connectivity index (χ3v) is 8.23. The first-order valence-corrected chi connectivity index (χ1v) is 16.2. The van der Waals surface area contributed by atoms with Crippen LogP contribution in [0.25, 0.3) is 11.2 Å². The Hall–Kier alpha value is -5.44. The second-order valence-electron chi connectivity index (χ2n) is 11.5. The zero-order valence-electron chi connectivity index (χ0n) is 26.9. The zero-order valence-corrected chi connectivity index (χ0v) is 26.9. The molecule has 0 radical (unpaired) electrons. The number of fused-ring (bicyclic) bond motifs is 1. The average Bonchev–Trinajstić information content (AvgIpc) is 3.69. The quantitative estimate of drug-likeness (QED) is 0.0957. The lowest BCUT2D eigenvalue weighted by Crippen LogP contribution is -2.42. The number of aromatic nitrogens is 5. The van der Waals surface area contributed by atoms with Gasteiger partial charge in [0.1, 0.15) is 18.0 Å². The standard InChI is InChI=1S/C35H39N9O5/c1-2-36-33(47)29-27(45)28(46)35(49-29)44-21-41-26-30(40-20-24(22-12-5-3-6-13-22)23-14-7-4-8-15-23)42-31(43-32(26)44)34(48)39-19-11-18-38-25-16-9-10-17-37-25/h3-10,12-17,21,24,27-29,35,45-46H,2,11,18-20H2,1H3,(H,36,47)(H,37,38)(H,39,48)(H,40,42,43)/t27-,28-,29-,35+/m0/s1. The summed E-state index contributed by atoms with van der Waals surface area (Å²) in [5.41, 5.74) is 2.68.